The van der Waals surface area contributed by atoms with Crippen molar-refractivity contribution in [3.63, 3.8) is 0 Å². The van der Waals surface area contributed by atoms with E-state index < -0.39 is 0 Å². The van der Waals surface area contributed by atoms with Gasteiger partial charge in [-0.15, -0.1) is 0 Å². The summed E-state index contributed by atoms with van der Waals surface area (Å²) < 4.78 is 1.69. The van der Waals surface area contributed by atoms with Crippen molar-refractivity contribution in [2.45, 2.75) is 22.3 Å². The van der Waals surface area contributed by atoms with Gasteiger partial charge in [-0.3, -0.25) is 0 Å². The number of benzene rings is 1. The van der Waals surface area contributed by atoms with Gasteiger partial charge in [-0.25, -0.2) is 0 Å². The SMILES string of the molecule is Clc1ccc2c(c1)CCC([AsH2])C2[AsH2]. The van der Waals surface area contributed by atoms with Crippen molar-refractivity contribution >= 4 is 45.3 Å². The predicted octanol–water partition coefficient (Wildman–Crippen LogP) is 1.38. The van der Waals surface area contributed by atoms with Gasteiger partial charge in [0, 0.05) is 0 Å². The van der Waals surface area contributed by atoms with Gasteiger partial charge in [-0.2, -0.15) is 0 Å². The first-order valence-corrected chi connectivity index (χ1v) is 7.65. The van der Waals surface area contributed by atoms with Crippen molar-refractivity contribution < 1.29 is 0 Å². The summed E-state index contributed by atoms with van der Waals surface area (Å²) in [6, 6.07) is 6.39. The number of halogens is 1. The average molecular weight is 319 g/mol. The van der Waals surface area contributed by atoms with Gasteiger partial charge in [-0.1, -0.05) is 0 Å². The van der Waals surface area contributed by atoms with Crippen LogP contribution in [0, 0.1) is 0 Å². The van der Waals surface area contributed by atoms with Gasteiger partial charge < -0.3 is 0 Å². The molecule has 0 spiro atoms. The Morgan fingerprint density at radius 1 is 1.31 bits per heavy atom. The number of hydrogen-bond donors (Lipinski definition) is 0. The number of fused-ring (bicyclic) bond motifs is 1. The Labute approximate surface area is 101 Å². The van der Waals surface area contributed by atoms with Crippen LogP contribution in [0.2, 0.25) is 9.73 Å². The summed E-state index contributed by atoms with van der Waals surface area (Å²) in [7, 11) is 0. The molecule has 4 atom stereocenters. The molecular formula is C10H13As2Cl. The van der Waals surface area contributed by atoms with Crippen LogP contribution in [0.3, 0.4) is 0 Å². The third-order valence-corrected chi connectivity index (χ3v) is 8.22. The molecule has 0 nitrogen and oxygen atoms in total. The van der Waals surface area contributed by atoms with E-state index in [1.165, 1.54) is 18.4 Å². The minimum atomic E-state index is 0.786. The van der Waals surface area contributed by atoms with Gasteiger partial charge >= 0.3 is 102 Å². The fourth-order valence-corrected chi connectivity index (χ4v) is 3.91. The Morgan fingerprint density at radius 2 is 2.08 bits per heavy atom. The topological polar surface area (TPSA) is 0 Å². The van der Waals surface area contributed by atoms with E-state index in [1.54, 1.807) is 5.56 Å². The van der Waals surface area contributed by atoms with Crippen molar-refractivity contribution in [2.24, 2.45) is 0 Å². The van der Waals surface area contributed by atoms with E-state index in [0.29, 0.717) is 0 Å². The zero-order chi connectivity index (χ0) is 9.42. The monoisotopic (exact) mass is 318 g/mol. The Bertz CT molecular complexity index is 325. The second-order valence-corrected chi connectivity index (χ2v) is 7.31. The van der Waals surface area contributed by atoms with Gasteiger partial charge in [0.05, 0.1) is 0 Å². The van der Waals surface area contributed by atoms with Crippen molar-refractivity contribution in [2.75, 3.05) is 0 Å². The molecule has 0 saturated heterocycles. The van der Waals surface area contributed by atoms with E-state index in [-0.39, 0.29) is 0 Å². The summed E-state index contributed by atoms with van der Waals surface area (Å²) in [4.78, 5) is 0. The molecule has 1 aromatic carbocycles. The van der Waals surface area contributed by atoms with Crippen LogP contribution in [0.1, 0.15) is 22.3 Å². The van der Waals surface area contributed by atoms with Crippen LogP contribution in [0.25, 0.3) is 0 Å². The van der Waals surface area contributed by atoms with Gasteiger partial charge in [-0.05, 0) is 0 Å². The molecule has 0 aliphatic heterocycles. The zero-order valence-corrected chi connectivity index (χ0v) is 12.9. The van der Waals surface area contributed by atoms with Crippen LogP contribution in [0.4, 0.5) is 0 Å². The molecule has 0 fully saturated rings. The Hall–Kier alpha value is 0.627. The third-order valence-electron chi connectivity index (χ3n) is 2.67. The summed E-state index contributed by atoms with van der Waals surface area (Å²) in [5.41, 5.74) is 3.03. The molecule has 1 aromatic rings. The quantitative estimate of drug-likeness (QED) is 0.634. The minimum absolute atomic E-state index is 0.786. The van der Waals surface area contributed by atoms with Crippen molar-refractivity contribution in [1.29, 1.82) is 0 Å². The molecule has 0 amide bonds. The van der Waals surface area contributed by atoms with E-state index in [2.05, 4.69) is 12.1 Å². The van der Waals surface area contributed by atoms with Gasteiger partial charge in [0.2, 0.25) is 0 Å². The molecule has 0 aromatic heterocycles. The molecular weight excluding hydrogens is 305 g/mol. The second-order valence-electron chi connectivity index (χ2n) is 3.57. The molecule has 0 heterocycles. The Morgan fingerprint density at radius 3 is 2.85 bits per heavy atom. The summed E-state index contributed by atoms with van der Waals surface area (Å²) in [5, 5.41) is 0.888. The molecule has 13 heavy (non-hydrogen) atoms. The van der Waals surface area contributed by atoms with Gasteiger partial charge in [0.15, 0.2) is 0 Å². The summed E-state index contributed by atoms with van der Waals surface area (Å²) in [6.45, 7) is 0. The maximum atomic E-state index is 5.97. The second kappa shape index (κ2) is 4.01. The predicted molar refractivity (Wildman–Crippen MR) is 63.4 cm³/mol. The molecule has 0 bridgehead atoms. The standard InChI is InChI=1S/C10H13As2Cl/c11-9-4-1-6-5-7(13)2-3-8(6)10(9)12/h2-3,5,9-10H,1,4,11-12H2. The van der Waals surface area contributed by atoms with Gasteiger partial charge in [0.25, 0.3) is 0 Å². The first-order valence-electron chi connectivity index (χ1n) is 4.48. The molecule has 2 rings (SSSR count). The Kier molecular flexibility index (Phi) is 3.13. The number of rotatable bonds is 0. The zero-order valence-electron chi connectivity index (χ0n) is 7.33. The molecule has 0 N–H and O–H groups in total. The molecule has 0 saturated carbocycles. The molecule has 0 radical (unpaired) electrons. The van der Waals surface area contributed by atoms with E-state index in [4.69, 9.17) is 11.6 Å². The number of aryl methyl sites for hydroxylation is 1. The first kappa shape index (κ1) is 10.2. The van der Waals surface area contributed by atoms with Crippen molar-refractivity contribution in [1.82, 2.24) is 0 Å². The summed E-state index contributed by atoms with van der Waals surface area (Å²) >= 11 is 9.72. The summed E-state index contributed by atoms with van der Waals surface area (Å²) in [6.07, 6.45) is 2.56. The molecule has 70 valence electrons. The van der Waals surface area contributed by atoms with E-state index in [9.17, 15) is 0 Å². The van der Waals surface area contributed by atoms with Crippen LogP contribution in [-0.2, 0) is 6.42 Å². The van der Waals surface area contributed by atoms with Crippen LogP contribution < -0.4 is 0 Å². The first-order chi connectivity index (χ1) is 6.18. The van der Waals surface area contributed by atoms with Crippen LogP contribution in [0.15, 0.2) is 18.2 Å². The van der Waals surface area contributed by atoms with Crippen LogP contribution in [0.5, 0.6) is 0 Å². The normalized spacial score (nSPS) is 27.0. The number of hydrogen-bond acceptors (Lipinski definition) is 0. The van der Waals surface area contributed by atoms with E-state index in [1.807, 2.05) is 39.8 Å². The van der Waals surface area contributed by atoms with E-state index in [0.717, 1.165) is 14.4 Å². The van der Waals surface area contributed by atoms with Crippen LogP contribution >= 0.6 is 11.6 Å². The summed E-state index contributed by atoms with van der Waals surface area (Å²) in [5.74, 6) is 0. The maximum absolute atomic E-state index is 5.97. The molecule has 3 heteroatoms. The third kappa shape index (κ3) is 2.01. The molecule has 4 unspecified atom stereocenters. The molecule has 1 aliphatic carbocycles. The molecule has 1 aliphatic rings. The van der Waals surface area contributed by atoms with E-state index >= 15 is 0 Å². The fourth-order valence-electron chi connectivity index (χ4n) is 1.85. The fraction of sp³-hybridized carbons (Fsp3) is 0.400. The van der Waals surface area contributed by atoms with Crippen molar-refractivity contribution in [3.8, 4) is 0 Å². The average Bonchev–Trinajstić information content (AvgIpc) is 2.12. The Balaban J connectivity index is 2.44. The van der Waals surface area contributed by atoms with Crippen molar-refractivity contribution in [3.05, 3.63) is 34.3 Å². The van der Waals surface area contributed by atoms with Gasteiger partial charge in [0.1, 0.15) is 0 Å². The van der Waals surface area contributed by atoms with Crippen LogP contribution in [-0.4, -0.2) is 33.7 Å².